The molecule has 0 unspecified atom stereocenters. The second-order valence-electron chi connectivity index (χ2n) is 4.41. The first kappa shape index (κ1) is 13.9. The Balaban J connectivity index is 1.98. The fourth-order valence-corrected chi connectivity index (χ4v) is 2.39. The minimum Gasteiger partial charge on any atom is -0.450 e. The molecular weight excluding hydrogens is 266 g/mol. The summed E-state index contributed by atoms with van der Waals surface area (Å²) in [6.45, 7) is 7.07. The maximum atomic E-state index is 11.6. The Morgan fingerprint density at radius 2 is 2.05 bits per heavy atom. The second kappa shape index (κ2) is 6.10. The maximum absolute atomic E-state index is 11.6. The minimum atomic E-state index is -0.229. The van der Waals surface area contributed by atoms with Crippen molar-refractivity contribution in [1.82, 2.24) is 9.88 Å². The Morgan fingerprint density at radius 1 is 1.37 bits per heavy atom. The van der Waals surface area contributed by atoms with Gasteiger partial charge in [-0.05, 0) is 26.0 Å². The van der Waals surface area contributed by atoms with Gasteiger partial charge in [0, 0.05) is 26.2 Å². The van der Waals surface area contributed by atoms with Crippen LogP contribution in [0.1, 0.15) is 12.6 Å². The molecular formula is C13H18ClN3O2. The van der Waals surface area contributed by atoms with Crippen LogP contribution < -0.4 is 4.90 Å². The second-order valence-corrected chi connectivity index (χ2v) is 4.80. The van der Waals surface area contributed by atoms with Crippen LogP contribution in [0.2, 0.25) is 5.15 Å². The van der Waals surface area contributed by atoms with Gasteiger partial charge in [0.05, 0.1) is 18.0 Å². The van der Waals surface area contributed by atoms with Crippen molar-refractivity contribution in [2.24, 2.45) is 0 Å². The lowest BCUT2D eigenvalue weighted by Gasteiger charge is -2.35. The molecule has 6 heteroatoms. The molecule has 0 spiro atoms. The molecule has 0 atom stereocenters. The highest BCUT2D eigenvalue weighted by Crippen LogP contribution is 2.21. The van der Waals surface area contributed by atoms with E-state index in [0.29, 0.717) is 24.8 Å². The number of rotatable bonds is 2. The SMILES string of the molecule is CCOC(=O)N1CCN(c2ccc(Cl)nc2C)CC1. The van der Waals surface area contributed by atoms with Gasteiger partial charge in [0.25, 0.3) is 0 Å². The van der Waals surface area contributed by atoms with Gasteiger partial charge in [-0.25, -0.2) is 9.78 Å². The summed E-state index contributed by atoms with van der Waals surface area (Å²) in [5.41, 5.74) is 1.99. The Bertz CT molecular complexity index is 459. The van der Waals surface area contributed by atoms with E-state index in [1.807, 2.05) is 19.9 Å². The van der Waals surface area contributed by atoms with Crippen LogP contribution in [0.5, 0.6) is 0 Å². The number of aromatic nitrogens is 1. The highest BCUT2D eigenvalue weighted by Gasteiger charge is 2.22. The first-order valence-electron chi connectivity index (χ1n) is 6.41. The molecule has 0 aromatic carbocycles. The molecule has 2 heterocycles. The zero-order valence-electron chi connectivity index (χ0n) is 11.2. The van der Waals surface area contributed by atoms with Gasteiger partial charge in [-0.15, -0.1) is 0 Å². The zero-order valence-corrected chi connectivity index (χ0v) is 12.0. The summed E-state index contributed by atoms with van der Waals surface area (Å²) in [6.07, 6.45) is -0.229. The lowest BCUT2D eigenvalue weighted by atomic mass is 10.2. The highest BCUT2D eigenvalue weighted by atomic mass is 35.5. The molecule has 19 heavy (non-hydrogen) atoms. The molecule has 1 aromatic rings. The lowest BCUT2D eigenvalue weighted by Crippen LogP contribution is -2.49. The molecule has 1 aromatic heterocycles. The lowest BCUT2D eigenvalue weighted by molar-refractivity contribution is 0.105. The molecule has 0 N–H and O–H groups in total. The summed E-state index contributed by atoms with van der Waals surface area (Å²) in [6, 6.07) is 3.77. The molecule has 2 rings (SSSR count). The van der Waals surface area contributed by atoms with Gasteiger partial charge in [0.2, 0.25) is 0 Å². The molecule has 0 saturated carbocycles. The number of pyridine rings is 1. The predicted octanol–water partition coefficient (Wildman–Crippen LogP) is 2.32. The topological polar surface area (TPSA) is 45.7 Å². The van der Waals surface area contributed by atoms with Crippen LogP contribution in [0, 0.1) is 6.92 Å². The van der Waals surface area contributed by atoms with E-state index in [2.05, 4.69) is 9.88 Å². The summed E-state index contributed by atoms with van der Waals surface area (Å²) in [5, 5.41) is 0.506. The first-order valence-corrected chi connectivity index (χ1v) is 6.79. The van der Waals surface area contributed by atoms with E-state index in [-0.39, 0.29) is 6.09 Å². The summed E-state index contributed by atoms with van der Waals surface area (Å²) in [4.78, 5) is 19.8. The van der Waals surface area contributed by atoms with Gasteiger partial charge in [-0.1, -0.05) is 11.6 Å². The van der Waals surface area contributed by atoms with Crippen molar-refractivity contribution in [3.8, 4) is 0 Å². The van der Waals surface area contributed by atoms with Gasteiger partial charge in [-0.3, -0.25) is 0 Å². The zero-order chi connectivity index (χ0) is 13.8. The average molecular weight is 284 g/mol. The number of anilines is 1. The monoisotopic (exact) mass is 283 g/mol. The smallest absolute Gasteiger partial charge is 0.409 e. The Morgan fingerprint density at radius 3 is 2.63 bits per heavy atom. The Kier molecular flexibility index (Phi) is 4.47. The van der Waals surface area contributed by atoms with Crippen LogP contribution in [-0.2, 0) is 4.74 Å². The third kappa shape index (κ3) is 3.29. The number of halogens is 1. The quantitative estimate of drug-likeness (QED) is 0.782. The summed E-state index contributed by atoms with van der Waals surface area (Å²) in [5.74, 6) is 0. The minimum absolute atomic E-state index is 0.229. The van der Waals surface area contributed by atoms with Crippen molar-refractivity contribution in [1.29, 1.82) is 0 Å². The van der Waals surface area contributed by atoms with E-state index in [9.17, 15) is 4.79 Å². The Hall–Kier alpha value is -1.49. The van der Waals surface area contributed by atoms with Crippen molar-refractivity contribution < 1.29 is 9.53 Å². The van der Waals surface area contributed by atoms with Gasteiger partial charge >= 0.3 is 6.09 Å². The fourth-order valence-electron chi connectivity index (χ4n) is 2.20. The van der Waals surface area contributed by atoms with Crippen molar-refractivity contribution in [3.05, 3.63) is 23.0 Å². The molecule has 0 radical (unpaired) electrons. The van der Waals surface area contributed by atoms with Crippen LogP contribution in [0.4, 0.5) is 10.5 Å². The number of carbonyl (C=O) groups is 1. The number of nitrogens with zero attached hydrogens (tertiary/aromatic N) is 3. The van der Waals surface area contributed by atoms with E-state index in [1.165, 1.54) is 0 Å². The molecule has 0 bridgehead atoms. The van der Waals surface area contributed by atoms with Gasteiger partial charge in [0.15, 0.2) is 0 Å². The molecule has 1 saturated heterocycles. The van der Waals surface area contributed by atoms with Gasteiger partial charge in [-0.2, -0.15) is 0 Å². The van der Waals surface area contributed by atoms with E-state index in [4.69, 9.17) is 16.3 Å². The highest BCUT2D eigenvalue weighted by molar-refractivity contribution is 6.29. The summed E-state index contributed by atoms with van der Waals surface area (Å²) in [7, 11) is 0. The number of hydrogen-bond donors (Lipinski definition) is 0. The standard InChI is InChI=1S/C13H18ClN3O2/c1-3-19-13(18)17-8-6-16(7-9-17)11-4-5-12(14)15-10(11)2/h4-5H,3,6-9H2,1-2H3. The molecule has 104 valence electrons. The van der Waals surface area contributed by atoms with Crippen molar-refractivity contribution in [2.75, 3.05) is 37.7 Å². The average Bonchev–Trinajstić information content (AvgIpc) is 2.39. The van der Waals surface area contributed by atoms with Crippen molar-refractivity contribution >= 4 is 23.4 Å². The fraction of sp³-hybridized carbons (Fsp3) is 0.538. The predicted molar refractivity (Wildman–Crippen MR) is 74.8 cm³/mol. The number of amides is 1. The molecule has 5 nitrogen and oxygen atoms in total. The normalized spacial score (nSPS) is 15.5. The summed E-state index contributed by atoms with van der Waals surface area (Å²) < 4.78 is 5.00. The Labute approximate surface area is 118 Å². The van der Waals surface area contributed by atoms with Crippen LogP contribution >= 0.6 is 11.6 Å². The largest absolute Gasteiger partial charge is 0.450 e. The molecule has 1 aliphatic heterocycles. The number of carbonyl (C=O) groups excluding carboxylic acids is 1. The molecule has 0 aliphatic carbocycles. The number of ether oxygens (including phenoxy) is 1. The van der Waals surface area contributed by atoms with Gasteiger partial charge in [0.1, 0.15) is 5.15 Å². The number of piperazine rings is 1. The third-order valence-corrected chi connectivity index (χ3v) is 3.38. The van der Waals surface area contributed by atoms with E-state index < -0.39 is 0 Å². The van der Waals surface area contributed by atoms with Gasteiger partial charge < -0.3 is 14.5 Å². The van der Waals surface area contributed by atoms with Crippen LogP contribution in [0.25, 0.3) is 0 Å². The molecule has 1 fully saturated rings. The number of hydrogen-bond acceptors (Lipinski definition) is 4. The number of aryl methyl sites for hydroxylation is 1. The van der Waals surface area contributed by atoms with E-state index in [0.717, 1.165) is 24.5 Å². The van der Waals surface area contributed by atoms with Crippen LogP contribution in [0.15, 0.2) is 12.1 Å². The maximum Gasteiger partial charge on any atom is 0.409 e. The molecule has 1 amide bonds. The summed E-state index contributed by atoms with van der Waals surface area (Å²) >= 11 is 5.86. The third-order valence-electron chi connectivity index (χ3n) is 3.17. The van der Waals surface area contributed by atoms with Crippen LogP contribution in [-0.4, -0.2) is 48.8 Å². The molecule has 1 aliphatic rings. The van der Waals surface area contributed by atoms with E-state index in [1.54, 1.807) is 11.0 Å². The van der Waals surface area contributed by atoms with Crippen molar-refractivity contribution in [3.63, 3.8) is 0 Å². The first-order chi connectivity index (χ1) is 9.11. The van der Waals surface area contributed by atoms with Crippen LogP contribution in [0.3, 0.4) is 0 Å². The van der Waals surface area contributed by atoms with Crippen molar-refractivity contribution in [2.45, 2.75) is 13.8 Å². The van der Waals surface area contributed by atoms with E-state index >= 15 is 0 Å².